The monoisotopic (exact) mass is 222 g/mol. The van der Waals surface area contributed by atoms with Gasteiger partial charge >= 0.3 is 0 Å². The predicted octanol–water partition coefficient (Wildman–Crippen LogP) is 5.62. The van der Waals surface area contributed by atoms with Gasteiger partial charge in [0.1, 0.15) is 0 Å². The van der Waals surface area contributed by atoms with E-state index in [-0.39, 0.29) is 0 Å². The van der Waals surface area contributed by atoms with Crippen LogP contribution in [0.4, 0.5) is 0 Å². The normalized spacial score (nSPS) is 8.50. The Morgan fingerprint density at radius 1 is 0.812 bits per heavy atom. The summed E-state index contributed by atoms with van der Waals surface area (Å²) in [5, 5.41) is 0. The van der Waals surface area contributed by atoms with Crippen LogP contribution < -0.4 is 0 Å². The molecular formula is C16H30. The maximum Gasteiger partial charge on any atom is -0.0276 e. The molecule has 1 aromatic carbocycles. The Hall–Kier alpha value is -0.780. The molecular weight excluding hydrogens is 192 g/mol. The molecule has 0 aromatic heterocycles. The van der Waals surface area contributed by atoms with Gasteiger partial charge in [-0.1, -0.05) is 53.2 Å². The first kappa shape index (κ1) is 17.6. The zero-order chi connectivity index (χ0) is 13.1. The molecule has 0 fully saturated rings. The largest absolute Gasteiger partial charge is 0.0683 e. The minimum absolute atomic E-state index is 1.22. The molecule has 0 nitrogen and oxygen atoms in total. The van der Waals surface area contributed by atoms with Crippen molar-refractivity contribution in [2.45, 2.75) is 68.2 Å². The van der Waals surface area contributed by atoms with Gasteiger partial charge in [-0.2, -0.15) is 0 Å². The van der Waals surface area contributed by atoms with Gasteiger partial charge in [0.25, 0.3) is 0 Å². The summed E-state index contributed by atoms with van der Waals surface area (Å²) in [6.45, 7) is 16.9. The molecule has 94 valence electrons. The maximum atomic E-state index is 2.24. The highest BCUT2D eigenvalue weighted by atomic mass is 14.1. The van der Waals surface area contributed by atoms with Crippen LogP contribution in [0, 0.1) is 20.8 Å². The SMILES string of the molecule is CC.CC.CCCc1c(C)ccc(C)c1C. The standard InChI is InChI=1S/C12H18.2C2H6/c1-5-6-12-10(3)8-7-9(2)11(12)4;2*1-2/h7-8H,5-6H2,1-4H3;2*1-2H3. The molecule has 0 radical (unpaired) electrons. The quantitative estimate of drug-likeness (QED) is 0.609. The number of rotatable bonds is 2. The van der Waals surface area contributed by atoms with Crippen LogP contribution in [0.15, 0.2) is 12.1 Å². The van der Waals surface area contributed by atoms with Crippen molar-refractivity contribution >= 4 is 0 Å². The Kier molecular flexibility index (Phi) is 11.8. The lowest BCUT2D eigenvalue weighted by Gasteiger charge is -2.10. The summed E-state index contributed by atoms with van der Waals surface area (Å²) in [5.41, 5.74) is 5.90. The molecule has 16 heavy (non-hydrogen) atoms. The van der Waals surface area contributed by atoms with Crippen LogP contribution in [0.25, 0.3) is 0 Å². The average Bonchev–Trinajstić information content (AvgIpc) is 2.35. The van der Waals surface area contributed by atoms with Gasteiger partial charge in [-0.15, -0.1) is 0 Å². The molecule has 0 heterocycles. The molecule has 0 N–H and O–H groups in total. The highest BCUT2D eigenvalue weighted by Gasteiger charge is 2.02. The van der Waals surface area contributed by atoms with Gasteiger partial charge < -0.3 is 0 Å². The summed E-state index contributed by atoms with van der Waals surface area (Å²) in [4.78, 5) is 0. The minimum atomic E-state index is 1.22. The Morgan fingerprint density at radius 2 is 1.25 bits per heavy atom. The van der Waals surface area contributed by atoms with Gasteiger partial charge in [-0.05, 0) is 49.4 Å². The second-order valence-corrected chi connectivity index (χ2v) is 3.55. The highest BCUT2D eigenvalue weighted by Crippen LogP contribution is 2.18. The van der Waals surface area contributed by atoms with Crippen molar-refractivity contribution in [2.24, 2.45) is 0 Å². The van der Waals surface area contributed by atoms with Crippen molar-refractivity contribution in [1.29, 1.82) is 0 Å². The smallest absolute Gasteiger partial charge is 0.0276 e. The number of benzene rings is 1. The molecule has 1 aromatic rings. The summed E-state index contributed by atoms with van der Waals surface area (Å²) in [6, 6.07) is 4.44. The number of aryl methyl sites for hydroxylation is 2. The van der Waals surface area contributed by atoms with E-state index in [1.807, 2.05) is 27.7 Å². The maximum absolute atomic E-state index is 2.24. The van der Waals surface area contributed by atoms with Crippen molar-refractivity contribution in [3.8, 4) is 0 Å². The minimum Gasteiger partial charge on any atom is -0.0683 e. The third-order valence-corrected chi connectivity index (χ3v) is 2.60. The molecule has 0 amide bonds. The van der Waals surface area contributed by atoms with Crippen LogP contribution in [-0.2, 0) is 6.42 Å². The molecule has 0 saturated carbocycles. The van der Waals surface area contributed by atoms with E-state index in [0.29, 0.717) is 0 Å². The van der Waals surface area contributed by atoms with Crippen LogP contribution in [-0.4, -0.2) is 0 Å². The Bertz CT molecular complexity index is 272. The van der Waals surface area contributed by atoms with Crippen LogP contribution in [0.5, 0.6) is 0 Å². The molecule has 0 aliphatic carbocycles. The fourth-order valence-corrected chi connectivity index (χ4v) is 1.64. The summed E-state index contributed by atoms with van der Waals surface area (Å²) >= 11 is 0. The molecule has 0 spiro atoms. The van der Waals surface area contributed by atoms with Crippen molar-refractivity contribution in [2.75, 3.05) is 0 Å². The van der Waals surface area contributed by atoms with E-state index in [1.54, 1.807) is 5.56 Å². The fraction of sp³-hybridized carbons (Fsp3) is 0.625. The molecule has 1 rings (SSSR count). The molecule has 0 heteroatoms. The fourth-order valence-electron chi connectivity index (χ4n) is 1.64. The molecule has 0 unspecified atom stereocenters. The lowest BCUT2D eigenvalue weighted by Crippen LogP contribution is -1.95. The zero-order valence-corrected chi connectivity index (χ0v) is 12.6. The van der Waals surface area contributed by atoms with Gasteiger partial charge in [0.05, 0.1) is 0 Å². The van der Waals surface area contributed by atoms with Gasteiger partial charge in [-0.3, -0.25) is 0 Å². The van der Waals surface area contributed by atoms with Gasteiger partial charge in [0.2, 0.25) is 0 Å². The van der Waals surface area contributed by atoms with Crippen LogP contribution in [0.1, 0.15) is 63.3 Å². The van der Waals surface area contributed by atoms with E-state index in [4.69, 9.17) is 0 Å². The molecule has 0 atom stereocenters. The van der Waals surface area contributed by atoms with Gasteiger partial charge in [0.15, 0.2) is 0 Å². The topological polar surface area (TPSA) is 0 Å². The highest BCUT2D eigenvalue weighted by molar-refractivity contribution is 5.39. The Balaban J connectivity index is 0. The van der Waals surface area contributed by atoms with Crippen molar-refractivity contribution in [3.05, 3.63) is 34.4 Å². The summed E-state index contributed by atoms with van der Waals surface area (Å²) < 4.78 is 0. The Labute approximate surface area is 103 Å². The Morgan fingerprint density at radius 3 is 1.69 bits per heavy atom. The van der Waals surface area contributed by atoms with Crippen LogP contribution in [0.3, 0.4) is 0 Å². The number of hydrogen-bond donors (Lipinski definition) is 0. The number of hydrogen-bond acceptors (Lipinski definition) is 0. The molecule has 0 saturated heterocycles. The van der Waals surface area contributed by atoms with Crippen molar-refractivity contribution in [1.82, 2.24) is 0 Å². The molecule has 0 aliphatic heterocycles. The summed E-state index contributed by atoms with van der Waals surface area (Å²) in [5.74, 6) is 0. The van der Waals surface area contributed by atoms with Gasteiger partial charge in [-0.25, -0.2) is 0 Å². The van der Waals surface area contributed by atoms with E-state index >= 15 is 0 Å². The first-order chi connectivity index (χ1) is 7.66. The van der Waals surface area contributed by atoms with Crippen LogP contribution >= 0.6 is 0 Å². The van der Waals surface area contributed by atoms with Crippen LogP contribution in [0.2, 0.25) is 0 Å². The van der Waals surface area contributed by atoms with E-state index in [2.05, 4.69) is 39.8 Å². The lowest BCUT2D eigenvalue weighted by molar-refractivity contribution is 0.900. The second-order valence-electron chi connectivity index (χ2n) is 3.55. The summed E-state index contributed by atoms with van der Waals surface area (Å²) in [7, 11) is 0. The zero-order valence-electron chi connectivity index (χ0n) is 12.6. The van der Waals surface area contributed by atoms with E-state index in [9.17, 15) is 0 Å². The lowest BCUT2D eigenvalue weighted by atomic mass is 9.95. The van der Waals surface area contributed by atoms with Crippen molar-refractivity contribution < 1.29 is 0 Å². The third-order valence-electron chi connectivity index (χ3n) is 2.60. The van der Waals surface area contributed by atoms with E-state index in [1.165, 1.54) is 29.5 Å². The first-order valence-corrected chi connectivity index (χ1v) is 6.72. The van der Waals surface area contributed by atoms with E-state index in [0.717, 1.165) is 0 Å². The predicted molar refractivity (Wildman–Crippen MR) is 77.3 cm³/mol. The van der Waals surface area contributed by atoms with Crippen molar-refractivity contribution in [3.63, 3.8) is 0 Å². The first-order valence-electron chi connectivity index (χ1n) is 6.72. The third kappa shape index (κ3) is 5.34. The second kappa shape index (κ2) is 10.7. The average molecular weight is 222 g/mol. The van der Waals surface area contributed by atoms with E-state index < -0.39 is 0 Å². The van der Waals surface area contributed by atoms with Gasteiger partial charge in [0, 0.05) is 0 Å². The molecule has 0 aliphatic rings. The summed E-state index contributed by atoms with van der Waals surface area (Å²) in [6.07, 6.45) is 2.46. The molecule has 0 bridgehead atoms.